The predicted octanol–water partition coefficient (Wildman–Crippen LogP) is 2.80. The predicted molar refractivity (Wildman–Crippen MR) is 62.5 cm³/mol. The average Bonchev–Trinajstić information content (AvgIpc) is 2.62. The summed E-state index contributed by atoms with van der Waals surface area (Å²) in [6.45, 7) is 0. The average molecular weight is 267 g/mol. The molecular weight excluding hydrogens is 256 g/mol. The first-order valence-electron chi connectivity index (χ1n) is 4.68. The van der Waals surface area contributed by atoms with Crippen molar-refractivity contribution in [3.63, 3.8) is 0 Å². The first-order chi connectivity index (χ1) is 7.24. The van der Waals surface area contributed by atoms with Gasteiger partial charge in [0.15, 0.2) is 0 Å². The molecule has 1 heterocycles. The highest BCUT2D eigenvalue weighted by molar-refractivity contribution is 9.10. The molecule has 0 aliphatic carbocycles. The Balaban J connectivity index is 1.99. The van der Waals surface area contributed by atoms with Gasteiger partial charge in [0, 0.05) is 10.9 Å². The zero-order valence-electron chi connectivity index (χ0n) is 8.11. The third-order valence-electron chi connectivity index (χ3n) is 2.12. The summed E-state index contributed by atoms with van der Waals surface area (Å²) in [7, 11) is 0. The van der Waals surface area contributed by atoms with Crippen molar-refractivity contribution in [2.24, 2.45) is 0 Å². The molecule has 0 amide bonds. The third-order valence-corrected chi connectivity index (χ3v) is 2.61. The van der Waals surface area contributed by atoms with Crippen LogP contribution in [0, 0.1) is 0 Å². The zero-order chi connectivity index (χ0) is 10.7. The van der Waals surface area contributed by atoms with Crippen LogP contribution in [-0.2, 0) is 12.8 Å². The molecule has 78 valence electrons. The van der Waals surface area contributed by atoms with E-state index in [-0.39, 0.29) is 6.01 Å². The SMILES string of the molecule is Nc1ncc(CCc2cccc(Br)c2)o1. The maximum absolute atomic E-state index is 5.39. The van der Waals surface area contributed by atoms with Gasteiger partial charge >= 0.3 is 0 Å². The van der Waals surface area contributed by atoms with Crippen molar-refractivity contribution >= 4 is 21.9 Å². The van der Waals surface area contributed by atoms with Crippen molar-refractivity contribution in [1.82, 2.24) is 4.98 Å². The summed E-state index contributed by atoms with van der Waals surface area (Å²) in [6.07, 6.45) is 3.42. The van der Waals surface area contributed by atoms with Crippen LogP contribution < -0.4 is 5.73 Å². The van der Waals surface area contributed by atoms with Gasteiger partial charge in [0.05, 0.1) is 6.20 Å². The zero-order valence-corrected chi connectivity index (χ0v) is 9.70. The maximum atomic E-state index is 5.39. The molecule has 0 bridgehead atoms. The molecule has 0 unspecified atom stereocenters. The molecule has 1 aromatic heterocycles. The number of aromatic nitrogens is 1. The van der Waals surface area contributed by atoms with Crippen LogP contribution >= 0.6 is 15.9 Å². The van der Waals surface area contributed by atoms with Crippen LogP contribution in [0.15, 0.2) is 39.4 Å². The van der Waals surface area contributed by atoms with Crippen LogP contribution in [0.3, 0.4) is 0 Å². The number of hydrogen-bond donors (Lipinski definition) is 1. The van der Waals surface area contributed by atoms with E-state index in [9.17, 15) is 0 Å². The molecule has 0 aliphatic rings. The summed E-state index contributed by atoms with van der Waals surface area (Å²) in [5.74, 6) is 0.826. The Morgan fingerprint density at radius 1 is 1.33 bits per heavy atom. The minimum absolute atomic E-state index is 0.235. The van der Waals surface area contributed by atoms with Gasteiger partial charge < -0.3 is 10.2 Å². The maximum Gasteiger partial charge on any atom is 0.292 e. The lowest BCUT2D eigenvalue weighted by atomic mass is 10.1. The number of nitrogens with zero attached hydrogens (tertiary/aromatic N) is 1. The number of halogens is 1. The van der Waals surface area contributed by atoms with E-state index < -0.39 is 0 Å². The molecule has 3 nitrogen and oxygen atoms in total. The molecule has 0 atom stereocenters. The highest BCUT2D eigenvalue weighted by Gasteiger charge is 2.01. The lowest BCUT2D eigenvalue weighted by Crippen LogP contribution is -1.89. The lowest BCUT2D eigenvalue weighted by Gasteiger charge is -1.99. The minimum atomic E-state index is 0.235. The third kappa shape index (κ3) is 2.83. The Kier molecular flexibility index (Phi) is 3.06. The number of rotatable bonds is 3. The van der Waals surface area contributed by atoms with Crippen LogP contribution in [0.4, 0.5) is 6.01 Å². The monoisotopic (exact) mass is 266 g/mol. The molecule has 0 fully saturated rings. The summed E-state index contributed by atoms with van der Waals surface area (Å²) in [4.78, 5) is 3.85. The van der Waals surface area contributed by atoms with E-state index in [1.54, 1.807) is 6.20 Å². The van der Waals surface area contributed by atoms with Gasteiger partial charge in [-0.15, -0.1) is 0 Å². The van der Waals surface area contributed by atoms with Crippen LogP contribution in [-0.4, -0.2) is 4.98 Å². The second-order valence-corrected chi connectivity index (χ2v) is 4.21. The van der Waals surface area contributed by atoms with E-state index >= 15 is 0 Å². The van der Waals surface area contributed by atoms with E-state index in [1.165, 1.54) is 5.56 Å². The fourth-order valence-electron chi connectivity index (χ4n) is 1.40. The van der Waals surface area contributed by atoms with Crippen molar-refractivity contribution in [1.29, 1.82) is 0 Å². The van der Waals surface area contributed by atoms with Gasteiger partial charge in [-0.1, -0.05) is 28.1 Å². The van der Waals surface area contributed by atoms with Crippen LogP contribution in [0.2, 0.25) is 0 Å². The number of anilines is 1. The largest absolute Gasteiger partial charge is 0.429 e. The number of oxazole rings is 1. The molecule has 15 heavy (non-hydrogen) atoms. The smallest absolute Gasteiger partial charge is 0.292 e. The van der Waals surface area contributed by atoms with Gasteiger partial charge in [-0.3, -0.25) is 0 Å². The number of hydrogen-bond acceptors (Lipinski definition) is 3. The molecule has 0 saturated heterocycles. The molecule has 2 N–H and O–H groups in total. The van der Waals surface area contributed by atoms with Crippen LogP contribution in [0.5, 0.6) is 0 Å². The second kappa shape index (κ2) is 4.49. The first-order valence-corrected chi connectivity index (χ1v) is 5.48. The Labute approximate surface area is 96.4 Å². The fourth-order valence-corrected chi connectivity index (χ4v) is 1.84. The number of nitrogens with two attached hydrogens (primary N) is 1. The highest BCUT2D eigenvalue weighted by atomic mass is 79.9. The Morgan fingerprint density at radius 2 is 2.20 bits per heavy atom. The Morgan fingerprint density at radius 3 is 2.87 bits per heavy atom. The Hall–Kier alpha value is -1.29. The van der Waals surface area contributed by atoms with Gasteiger partial charge in [0.1, 0.15) is 5.76 Å². The summed E-state index contributed by atoms with van der Waals surface area (Å²) in [5, 5.41) is 0. The van der Waals surface area contributed by atoms with Crippen molar-refractivity contribution in [3.05, 3.63) is 46.3 Å². The summed E-state index contributed by atoms with van der Waals surface area (Å²) < 4.78 is 6.28. The standard InChI is InChI=1S/C11H11BrN2O/c12-9-3-1-2-8(6-9)4-5-10-7-14-11(13)15-10/h1-3,6-7H,4-5H2,(H2,13,14). The van der Waals surface area contributed by atoms with E-state index in [2.05, 4.69) is 33.0 Å². The second-order valence-electron chi connectivity index (χ2n) is 3.29. The number of benzene rings is 1. The summed E-state index contributed by atoms with van der Waals surface area (Å²) in [5.41, 5.74) is 6.65. The van der Waals surface area contributed by atoms with Crippen LogP contribution in [0.25, 0.3) is 0 Å². The summed E-state index contributed by atoms with van der Waals surface area (Å²) in [6, 6.07) is 8.45. The molecule has 0 spiro atoms. The molecule has 1 aromatic carbocycles. The lowest BCUT2D eigenvalue weighted by molar-refractivity contribution is 0.522. The Bertz CT molecular complexity index is 453. The fraction of sp³-hybridized carbons (Fsp3) is 0.182. The molecule has 0 radical (unpaired) electrons. The van der Waals surface area contributed by atoms with E-state index in [1.807, 2.05) is 12.1 Å². The number of nitrogen functional groups attached to an aromatic ring is 1. The van der Waals surface area contributed by atoms with Gasteiger partial charge in [0.2, 0.25) is 0 Å². The van der Waals surface area contributed by atoms with Gasteiger partial charge in [-0.25, -0.2) is 4.98 Å². The highest BCUT2D eigenvalue weighted by Crippen LogP contribution is 2.14. The van der Waals surface area contributed by atoms with Gasteiger partial charge in [-0.2, -0.15) is 0 Å². The van der Waals surface area contributed by atoms with Crippen molar-refractivity contribution in [3.8, 4) is 0 Å². The molecule has 2 aromatic rings. The van der Waals surface area contributed by atoms with Gasteiger partial charge in [0.25, 0.3) is 6.01 Å². The molecular formula is C11H11BrN2O. The van der Waals surface area contributed by atoms with Crippen molar-refractivity contribution in [2.45, 2.75) is 12.8 Å². The molecule has 4 heteroatoms. The normalized spacial score (nSPS) is 10.5. The van der Waals surface area contributed by atoms with Crippen LogP contribution in [0.1, 0.15) is 11.3 Å². The minimum Gasteiger partial charge on any atom is -0.429 e. The first kappa shape index (κ1) is 10.2. The van der Waals surface area contributed by atoms with E-state index in [0.717, 1.165) is 23.1 Å². The van der Waals surface area contributed by atoms with Crippen molar-refractivity contribution in [2.75, 3.05) is 5.73 Å². The topological polar surface area (TPSA) is 52.0 Å². The van der Waals surface area contributed by atoms with E-state index in [4.69, 9.17) is 10.2 Å². The molecule has 0 aliphatic heterocycles. The summed E-state index contributed by atoms with van der Waals surface area (Å²) >= 11 is 3.44. The molecule has 2 rings (SSSR count). The quantitative estimate of drug-likeness (QED) is 0.930. The number of aryl methyl sites for hydroxylation is 2. The van der Waals surface area contributed by atoms with Gasteiger partial charge in [-0.05, 0) is 24.1 Å². The molecule has 0 saturated carbocycles. The van der Waals surface area contributed by atoms with Crippen molar-refractivity contribution < 1.29 is 4.42 Å². The van der Waals surface area contributed by atoms with E-state index in [0.29, 0.717) is 0 Å².